The van der Waals surface area contributed by atoms with Gasteiger partial charge in [-0.1, -0.05) is 36.4 Å². The van der Waals surface area contributed by atoms with E-state index >= 15 is 0 Å². The van der Waals surface area contributed by atoms with Gasteiger partial charge in [0, 0.05) is 6.54 Å². The third-order valence-corrected chi connectivity index (χ3v) is 4.05. The van der Waals surface area contributed by atoms with Crippen LogP contribution in [0.1, 0.15) is 28.5 Å². The molecule has 28 heavy (non-hydrogen) atoms. The zero-order chi connectivity index (χ0) is 20.1. The smallest absolute Gasteiger partial charge is 0.416 e. The van der Waals surface area contributed by atoms with Gasteiger partial charge in [0.15, 0.2) is 0 Å². The normalized spacial score (nSPS) is 12.4. The van der Waals surface area contributed by atoms with Crippen molar-refractivity contribution in [3.8, 4) is 0 Å². The van der Waals surface area contributed by atoms with E-state index in [1.807, 2.05) is 6.07 Å². The van der Waals surface area contributed by atoms with Gasteiger partial charge in [-0.3, -0.25) is 0 Å². The Bertz CT molecular complexity index is 925. The molecule has 3 aromatic rings. The van der Waals surface area contributed by atoms with E-state index in [2.05, 4.69) is 10.6 Å². The molecule has 2 N–H and O–H groups in total. The molecule has 0 saturated carbocycles. The van der Waals surface area contributed by atoms with Gasteiger partial charge in [-0.25, -0.2) is 9.18 Å². The van der Waals surface area contributed by atoms with Gasteiger partial charge in [0.25, 0.3) is 0 Å². The Morgan fingerprint density at radius 3 is 2.43 bits per heavy atom. The molecule has 0 saturated heterocycles. The summed E-state index contributed by atoms with van der Waals surface area (Å²) in [4.78, 5) is 12.3. The molecule has 0 aliphatic rings. The molecule has 146 valence electrons. The summed E-state index contributed by atoms with van der Waals surface area (Å²) in [6, 6.07) is 13.3. The second-order valence-corrected chi connectivity index (χ2v) is 5.99. The highest BCUT2D eigenvalue weighted by atomic mass is 19.4. The van der Waals surface area contributed by atoms with Crippen LogP contribution in [0.25, 0.3) is 0 Å². The Morgan fingerprint density at radius 2 is 1.79 bits per heavy atom. The monoisotopic (exact) mass is 392 g/mol. The van der Waals surface area contributed by atoms with E-state index in [0.717, 1.165) is 17.7 Å². The van der Waals surface area contributed by atoms with Crippen LogP contribution >= 0.6 is 0 Å². The number of benzene rings is 2. The van der Waals surface area contributed by atoms with Crippen molar-refractivity contribution in [1.29, 1.82) is 0 Å². The number of carbonyl (C=O) groups excluding carboxylic acids is 1. The largest absolute Gasteiger partial charge is 0.467 e. The van der Waals surface area contributed by atoms with E-state index < -0.39 is 36.2 Å². The number of rotatable bonds is 5. The van der Waals surface area contributed by atoms with Crippen molar-refractivity contribution in [3.05, 3.63) is 95.2 Å². The van der Waals surface area contributed by atoms with Crippen molar-refractivity contribution in [3.63, 3.8) is 0 Å². The molecule has 1 unspecified atom stereocenters. The zero-order valence-corrected chi connectivity index (χ0v) is 14.5. The second-order valence-electron chi connectivity index (χ2n) is 5.99. The van der Waals surface area contributed by atoms with E-state index in [-0.39, 0.29) is 5.56 Å². The molecule has 8 heteroatoms. The van der Waals surface area contributed by atoms with E-state index in [1.165, 1.54) is 6.26 Å². The Morgan fingerprint density at radius 1 is 1.04 bits per heavy atom. The van der Waals surface area contributed by atoms with Crippen molar-refractivity contribution < 1.29 is 26.8 Å². The quantitative estimate of drug-likeness (QED) is 0.599. The van der Waals surface area contributed by atoms with Gasteiger partial charge in [-0.2, -0.15) is 13.2 Å². The molecule has 0 spiro atoms. The number of amides is 2. The first-order chi connectivity index (χ1) is 13.3. The minimum absolute atomic E-state index is 0.238. The maximum Gasteiger partial charge on any atom is 0.416 e. The van der Waals surface area contributed by atoms with E-state index in [9.17, 15) is 22.4 Å². The highest BCUT2D eigenvalue weighted by Crippen LogP contribution is 2.32. The molecule has 0 radical (unpaired) electrons. The SMILES string of the molecule is O=C(NCc1ccc(F)cc1C(F)(F)F)NC(c1ccccc1)c1ccco1. The van der Waals surface area contributed by atoms with Crippen molar-refractivity contribution in [2.75, 3.05) is 0 Å². The van der Waals surface area contributed by atoms with Gasteiger partial charge in [-0.15, -0.1) is 0 Å². The summed E-state index contributed by atoms with van der Waals surface area (Å²) in [7, 11) is 0. The summed E-state index contributed by atoms with van der Waals surface area (Å²) in [5.41, 5.74) is -0.623. The Kier molecular flexibility index (Phi) is 5.67. The molecule has 0 aliphatic carbocycles. The summed E-state index contributed by atoms with van der Waals surface area (Å²) in [6.07, 6.45) is -3.27. The molecule has 2 amide bonds. The average molecular weight is 392 g/mol. The number of nitrogens with one attached hydrogen (secondary N) is 2. The predicted molar refractivity (Wildman–Crippen MR) is 93.8 cm³/mol. The lowest BCUT2D eigenvalue weighted by Crippen LogP contribution is -2.38. The number of carbonyl (C=O) groups is 1. The molecular weight excluding hydrogens is 376 g/mol. The average Bonchev–Trinajstić information content (AvgIpc) is 3.19. The molecule has 1 atom stereocenters. The molecule has 1 aromatic heterocycles. The van der Waals surface area contributed by atoms with Crippen LogP contribution in [0.15, 0.2) is 71.3 Å². The first-order valence-electron chi connectivity index (χ1n) is 8.33. The van der Waals surface area contributed by atoms with Crippen LogP contribution in [0, 0.1) is 5.82 Å². The fourth-order valence-electron chi connectivity index (χ4n) is 2.74. The van der Waals surface area contributed by atoms with Crippen molar-refractivity contribution in [1.82, 2.24) is 10.6 Å². The minimum Gasteiger partial charge on any atom is -0.467 e. The topological polar surface area (TPSA) is 54.3 Å². The Balaban J connectivity index is 1.73. The van der Waals surface area contributed by atoms with Gasteiger partial charge in [0.2, 0.25) is 0 Å². The lowest BCUT2D eigenvalue weighted by Gasteiger charge is -2.18. The number of hydrogen-bond acceptors (Lipinski definition) is 2. The summed E-state index contributed by atoms with van der Waals surface area (Å²) in [6.45, 7) is -0.416. The van der Waals surface area contributed by atoms with Crippen LogP contribution in [0.3, 0.4) is 0 Å². The van der Waals surface area contributed by atoms with Crippen molar-refractivity contribution in [2.45, 2.75) is 18.8 Å². The molecule has 0 fully saturated rings. The lowest BCUT2D eigenvalue weighted by atomic mass is 10.0. The third-order valence-electron chi connectivity index (χ3n) is 4.05. The van der Waals surface area contributed by atoms with Gasteiger partial charge in [0.05, 0.1) is 11.8 Å². The van der Waals surface area contributed by atoms with Crippen molar-refractivity contribution in [2.24, 2.45) is 0 Å². The van der Waals surface area contributed by atoms with Gasteiger partial charge < -0.3 is 15.1 Å². The van der Waals surface area contributed by atoms with E-state index in [4.69, 9.17) is 4.42 Å². The number of hydrogen-bond donors (Lipinski definition) is 2. The van der Waals surface area contributed by atoms with E-state index in [0.29, 0.717) is 11.8 Å². The number of alkyl halides is 3. The number of furan rings is 1. The summed E-state index contributed by atoms with van der Waals surface area (Å²) >= 11 is 0. The first-order valence-corrected chi connectivity index (χ1v) is 8.33. The molecule has 0 bridgehead atoms. The highest BCUT2D eigenvalue weighted by Gasteiger charge is 2.33. The summed E-state index contributed by atoms with van der Waals surface area (Å²) < 4.78 is 57.7. The number of halogens is 4. The minimum atomic E-state index is -4.73. The Hall–Kier alpha value is -3.29. The molecule has 3 rings (SSSR count). The third kappa shape index (κ3) is 4.70. The van der Waals surface area contributed by atoms with Crippen LogP contribution in [0.5, 0.6) is 0 Å². The van der Waals surface area contributed by atoms with Crippen molar-refractivity contribution >= 4 is 6.03 Å². The van der Waals surface area contributed by atoms with Crippen LogP contribution in [-0.4, -0.2) is 6.03 Å². The van der Waals surface area contributed by atoms with Gasteiger partial charge >= 0.3 is 12.2 Å². The van der Waals surface area contributed by atoms with Gasteiger partial charge in [-0.05, 0) is 35.4 Å². The van der Waals surface area contributed by atoms with Crippen LogP contribution < -0.4 is 10.6 Å². The maximum absolute atomic E-state index is 13.2. The van der Waals surface area contributed by atoms with E-state index in [1.54, 1.807) is 36.4 Å². The number of urea groups is 1. The highest BCUT2D eigenvalue weighted by molar-refractivity contribution is 5.75. The fraction of sp³-hybridized carbons (Fsp3) is 0.150. The van der Waals surface area contributed by atoms with Gasteiger partial charge in [0.1, 0.15) is 17.6 Å². The first kappa shape index (κ1) is 19.5. The molecule has 1 heterocycles. The van der Waals surface area contributed by atoms with Crippen LogP contribution in [0.4, 0.5) is 22.4 Å². The molecular formula is C20H16F4N2O2. The standard InChI is InChI=1S/C20H16F4N2O2/c21-15-9-8-14(16(11-15)20(22,23)24)12-25-19(27)26-18(17-7-4-10-28-17)13-5-2-1-3-6-13/h1-11,18H,12H2,(H2,25,26,27). The molecule has 0 aliphatic heterocycles. The predicted octanol–water partition coefficient (Wildman–Crippen LogP) is 5.03. The molecule has 4 nitrogen and oxygen atoms in total. The lowest BCUT2D eigenvalue weighted by molar-refractivity contribution is -0.138. The fourth-order valence-corrected chi connectivity index (χ4v) is 2.74. The summed E-state index contributed by atoms with van der Waals surface area (Å²) in [5, 5.41) is 5.06. The second kappa shape index (κ2) is 8.16. The van der Waals surface area contributed by atoms with Crippen LogP contribution in [-0.2, 0) is 12.7 Å². The zero-order valence-electron chi connectivity index (χ0n) is 14.5. The maximum atomic E-state index is 13.2. The summed E-state index contributed by atoms with van der Waals surface area (Å²) in [5.74, 6) is -0.526. The Labute approximate surface area is 158 Å². The van der Waals surface area contributed by atoms with Crippen LogP contribution in [0.2, 0.25) is 0 Å². The molecule has 2 aromatic carbocycles.